The Hall–Kier alpha value is -1.43. The molecule has 1 aromatic carbocycles. The molecule has 0 atom stereocenters. The first-order chi connectivity index (χ1) is 9.13. The second-order valence-electron chi connectivity index (χ2n) is 4.49. The first-order valence-electron chi connectivity index (χ1n) is 6.22. The summed E-state index contributed by atoms with van der Waals surface area (Å²) in [5.74, 6) is -0.151. The normalized spacial score (nSPS) is 10.7. The van der Waals surface area contributed by atoms with Crippen LogP contribution in [0, 0.1) is 0 Å². The van der Waals surface area contributed by atoms with E-state index in [-0.39, 0.29) is 12.5 Å². The molecular formula is C14H22N2O3. The van der Waals surface area contributed by atoms with Crippen molar-refractivity contribution in [1.29, 1.82) is 0 Å². The minimum Gasteiger partial charge on any atom is -0.382 e. The number of anilines is 1. The highest BCUT2D eigenvalue weighted by Gasteiger charge is 2.07. The molecule has 1 amide bonds. The number of ether oxygens (including phenoxy) is 2. The van der Waals surface area contributed by atoms with Crippen LogP contribution in [0.5, 0.6) is 0 Å². The Morgan fingerprint density at radius 2 is 2.00 bits per heavy atom. The van der Waals surface area contributed by atoms with E-state index in [1.54, 1.807) is 7.11 Å². The molecule has 0 saturated carbocycles. The monoisotopic (exact) mass is 266 g/mol. The molecule has 106 valence electrons. The summed E-state index contributed by atoms with van der Waals surface area (Å²) in [6.45, 7) is 1.73. The van der Waals surface area contributed by atoms with E-state index in [2.05, 4.69) is 10.2 Å². The smallest absolute Gasteiger partial charge is 0.250 e. The first kappa shape index (κ1) is 15.6. The summed E-state index contributed by atoms with van der Waals surface area (Å²) in [4.78, 5) is 13.8. The van der Waals surface area contributed by atoms with Gasteiger partial charge >= 0.3 is 0 Å². The van der Waals surface area contributed by atoms with Crippen molar-refractivity contribution in [3.63, 3.8) is 0 Å². The molecule has 0 bridgehead atoms. The molecular weight excluding hydrogens is 244 g/mol. The lowest BCUT2D eigenvalue weighted by molar-refractivity contribution is -0.121. The van der Waals surface area contributed by atoms with Gasteiger partial charge in [-0.25, -0.2) is 0 Å². The highest BCUT2D eigenvalue weighted by atomic mass is 16.5. The summed E-state index contributed by atoms with van der Waals surface area (Å²) in [5, 5.41) is 2.86. The summed E-state index contributed by atoms with van der Waals surface area (Å²) < 4.78 is 10.0. The SMILES string of the molecule is COCCOCC(=O)Nc1ccccc1CN(C)C. The number of hydrogen-bond acceptors (Lipinski definition) is 4. The van der Waals surface area contributed by atoms with Crippen molar-refractivity contribution in [3.05, 3.63) is 29.8 Å². The van der Waals surface area contributed by atoms with Gasteiger partial charge in [0.05, 0.1) is 13.2 Å². The zero-order chi connectivity index (χ0) is 14.1. The Bertz CT molecular complexity index is 394. The lowest BCUT2D eigenvalue weighted by Crippen LogP contribution is -2.21. The lowest BCUT2D eigenvalue weighted by atomic mass is 10.1. The molecule has 5 nitrogen and oxygen atoms in total. The zero-order valence-corrected chi connectivity index (χ0v) is 11.8. The van der Waals surface area contributed by atoms with Gasteiger partial charge in [-0.3, -0.25) is 4.79 Å². The maximum Gasteiger partial charge on any atom is 0.250 e. The van der Waals surface area contributed by atoms with E-state index in [1.165, 1.54) is 0 Å². The number of carbonyl (C=O) groups excluding carboxylic acids is 1. The van der Waals surface area contributed by atoms with Crippen molar-refractivity contribution in [3.8, 4) is 0 Å². The van der Waals surface area contributed by atoms with Crippen LogP contribution in [0.15, 0.2) is 24.3 Å². The molecule has 0 unspecified atom stereocenters. The first-order valence-corrected chi connectivity index (χ1v) is 6.22. The average Bonchev–Trinajstić information content (AvgIpc) is 2.36. The Labute approximate surface area is 114 Å². The Morgan fingerprint density at radius 3 is 2.68 bits per heavy atom. The van der Waals surface area contributed by atoms with Crippen LogP contribution in [0.1, 0.15) is 5.56 Å². The Kier molecular flexibility index (Phi) is 7.10. The van der Waals surface area contributed by atoms with Crippen molar-refractivity contribution in [2.75, 3.05) is 46.3 Å². The van der Waals surface area contributed by atoms with Gasteiger partial charge in [0, 0.05) is 19.3 Å². The number of amides is 1. The molecule has 0 saturated heterocycles. The maximum absolute atomic E-state index is 11.7. The molecule has 1 N–H and O–H groups in total. The number of benzene rings is 1. The standard InChI is InChI=1S/C14H22N2O3/c1-16(2)10-12-6-4-5-7-13(12)15-14(17)11-19-9-8-18-3/h4-7H,8-11H2,1-3H3,(H,15,17). The van der Waals surface area contributed by atoms with Crippen LogP contribution in [0.25, 0.3) is 0 Å². The van der Waals surface area contributed by atoms with Crippen molar-refractivity contribution in [2.45, 2.75) is 6.54 Å². The summed E-state index contributed by atoms with van der Waals surface area (Å²) in [6.07, 6.45) is 0. The molecule has 0 spiro atoms. The minimum absolute atomic E-state index is 0.0413. The quantitative estimate of drug-likeness (QED) is 0.722. The third-order valence-corrected chi connectivity index (χ3v) is 2.44. The zero-order valence-electron chi connectivity index (χ0n) is 11.8. The number of rotatable bonds is 8. The van der Waals surface area contributed by atoms with Gasteiger partial charge in [-0.1, -0.05) is 18.2 Å². The van der Waals surface area contributed by atoms with Crippen LogP contribution in [0.3, 0.4) is 0 Å². The number of methoxy groups -OCH3 is 1. The average molecular weight is 266 g/mol. The van der Waals surface area contributed by atoms with Gasteiger partial charge in [-0.05, 0) is 25.7 Å². The van der Waals surface area contributed by atoms with E-state index in [4.69, 9.17) is 9.47 Å². The fourth-order valence-electron chi connectivity index (χ4n) is 1.61. The summed E-state index contributed by atoms with van der Waals surface area (Å²) in [6, 6.07) is 7.76. The molecule has 0 fully saturated rings. The Balaban J connectivity index is 2.49. The van der Waals surface area contributed by atoms with E-state index in [0.717, 1.165) is 17.8 Å². The predicted octanol–water partition coefficient (Wildman–Crippen LogP) is 1.35. The molecule has 0 radical (unpaired) electrons. The number of para-hydroxylation sites is 1. The Morgan fingerprint density at radius 1 is 1.26 bits per heavy atom. The maximum atomic E-state index is 11.7. The lowest BCUT2D eigenvalue weighted by Gasteiger charge is -2.14. The molecule has 5 heteroatoms. The number of nitrogens with zero attached hydrogens (tertiary/aromatic N) is 1. The molecule has 19 heavy (non-hydrogen) atoms. The predicted molar refractivity (Wildman–Crippen MR) is 75.2 cm³/mol. The van der Waals surface area contributed by atoms with E-state index in [9.17, 15) is 4.79 Å². The van der Waals surface area contributed by atoms with Gasteiger partial charge in [0.15, 0.2) is 0 Å². The molecule has 0 heterocycles. The molecule has 0 aliphatic rings. The summed E-state index contributed by atoms with van der Waals surface area (Å²) in [7, 11) is 5.58. The van der Waals surface area contributed by atoms with Gasteiger partial charge in [0.25, 0.3) is 0 Å². The summed E-state index contributed by atoms with van der Waals surface area (Å²) >= 11 is 0. The van der Waals surface area contributed by atoms with Crippen LogP contribution >= 0.6 is 0 Å². The van der Waals surface area contributed by atoms with E-state index >= 15 is 0 Å². The third kappa shape index (κ3) is 6.33. The van der Waals surface area contributed by atoms with Crippen molar-refractivity contribution in [2.24, 2.45) is 0 Å². The van der Waals surface area contributed by atoms with Crippen LogP contribution < -0.4 is 5.32 Å². The highest BCUT2D eigenvalue weighted by molar-refractivity contribution is 5.92. The summed E-state index contributed by atoms with van der Waals surface area (Å²) in [5.41, 5.74) is 1.91. The highest BCUT2D eigenvalue weighted by Crippen LogP contribution is 2.16. The second-order valence-corrected chi connectivity index (χ2v) is 4.49. The van der Waals surface area contributed by atoms with Crippen molar-refractivity contribution >= 4 is 11.6 Å². The number of nitrogens with one attached hydrogen (secondary N) is 1. The van der Waals surface area contributed by atoms with E-state index in [1.807, 2.05) is 38.4 Å². The largest absolute Gasteiger partial charge is 0.382 e. The van der Waals surface area contributed by atoms with E-state index < -0.39 is 0 Å². The van der Waals surface area contributed by atoms with E-state index in [0.29, 0.717) is 13.2 Å². The van der Waals surface area contributed by atoms with Gasteiger partial charge in [-0.2, -0.15) is 0 Å². The minimum atomic E-state index is -0.151. The molecule has 1 rings (SSSR count). The second kappa shape index (κ2) is 8.63. The van der Waals surface area contributed by atoms with Gasteiger partial charge in [0.1, 0.15) is 6.61 Å². The number of carbonyl (C=O) groups is 1. The van der Waals surface area contributed by atoms with Crippen LogP contribution in [0.2, 0.25) is 0 Å². The van der Waals surface area contributed by atoms with Gasteiger partial charge < -0.3 is 19.7 Å². The molecule has 1 aromatic rings. The molecule has 0 aliphatic heterocycles. The van der Waals surface area contributed by atoms with Crippen molar-refractivity contribution in [1.82, 2.24) is 4.90 Å². The van der Waals surface area contributed by atoms with Crippen LogP contribution in [-0.4, -0.2) is 51.8 Å². The topological polar surface area (TPSA) is 50.8 Å². The fraction of sp³-hybridized carbons (Fsp3) is 0.500. The fourth-order valence-corrected chi connectivity index (χ4v) is 1.61. The van der Waals surface area contributed by atoms with Gasteiger partial charge in [-0.15, -0.1) is 0 Å². The molecule has 0 aromatic heterocycles. The van der Waals surface area contributed by atoms with Gasteiger partial charge in [0.2, 0.25) is 5.91 Å². The molecule has 0 aliphatic carbocycles. The van der Waals surface area contributed by atoms with Crippen LogP contribution in [-0.2, 0) is 20.8 Å². The third-order valence-electron chi connectivity index (χ3n) is 2.44. The van der Waals surface area contributed by atoms with Crippen LogP contribution in [0.4, 0.5) is 5.69 Å². The number of hydrogen-bond donors (Lipinski definition) is 1. The van der Waals surface area contributed by atoms with Crippen molar-refractivity contribution < 1.29 is 14.3 Å².